The summed E-state index contributed by atoms with van der Waals surface area (Å²) in [6.07, 6.45) is 6.26. The van der Waals surface area contributed by atoms with Gasteiger partial charge in [-0.2, -0.15) is 0 Å². The number of methoxy groups -OCH3 is 1. The standard InChI is InChI=1S/C18H17BrN4O3/c1-4-6-13(12(2)25-3)14-9-16(22-11-21-14)23-17(24)10-26-15-7-5-8-20-18(15)19/h4-9,11H,1-2,10H2,3H3,(H,21,22,23,24)/b13-6+. The second-order valence-corrected chi connectivity index (χ2v) is 5.61. The Morgan fingerprint density at radius 1 is 1.38 bits per heavy atom. The summed E-state index contributed by atoms with van der Waals surface area (Å²) < 4.78 is 11.1. The zero-order valence-electron chi connectivity index (χ0n) is 14.1. The smallest absolute Gasteiger partial charge is 0.263 e. The van der Waals surface area contributed by atoms with E-state index in [1.807, 2.05) is 0 Å². The van der Waals surface area contributed by atoms with Crippen molar-refractivity contribution in [2.75, 3.05) is 19.0 Å². The van der Waals surface area contributed by atoms with Crippen molar-refractivity contribution in [1.82, 2.24) is 15.0 Å². The quantitative estimate of drug-likeness (QED) is 0.403. The Bertz CT molecular complexity index is 852. The average Bonchev–Trinajstić information content (AvgIpc) is 2.65. The first-order valence-corrected chi connectivity index (χ1v) is 8.26. The van der Waals surface area contributed by atoms with Crippen LogP contribution in [0.3, 0.4) is 0 Å². The summed E-state index contributed by atoms with van der Waals surface area (Å²) in [5.41, 5.74) is 1.17. The van der Waals surface area contributed by atoms with Crippen molar-refractivity contribution in [1.29, 1.82) is 0 Å². The molecule has 0 fully saturated rings. The van der Waals surface area contributed by atoms with Crippen molar-refractivity contribution in [2.45, 2.75) is 0 Å². The number of aromatic nitrogens is 3. The Kier molecular flexibility index (Phi) is 7.04. The highest BCUT2D eigenvalue weighted by atomic mass is 79.9. The fourth-order valence-electron chi connectivity index (χ4n) is 1.92. The number of halogens is 1. The molecule has 0 aliphatic rings. The van der Waals surface area contributed by atoms with Crippen LogP contribution in [0.5, 0.6) is 5.75 Å². The maximum Gasteiger partial charge on any atom is 0.263 e. The minimum atomic E-state index is -0.370. The minimum absolute atomic E-state index is 0.191. The topological polar surface area (TPSA) is 86.2 Å². The SMILES string of the molecule is C=C/C=C(\C(=C)OC)c1cc(NC(=O)COc2cccnc2Br)ncn1. The molecule has 0 aromatic carbocycles. The van der Waals surface area contributed by atoms with Gasteiger partial charge in [0.15, 0.2) is 12.4 Å². The normalized spacial score (nSPS) is 10.8. The minimum Gasteiger partial charge on any atom is -0.497 e. The Labute approximate surface area is 159 Å². The van der Waals surface area contributed by atoms with Crippen molar-refractivity contribution < 1.29 is 14.3 Å². The molecule has 1 amide bonds. The molecule has 0 spiro atoms. The molecule has 1 N–H and O–H groups in total. The van der Waals surface area contributed by atoms with E-state index in [4.69, 9.17) is 9.47 Å². The lowest BCUT2D eigenvalue weighted by Gasteiger charge is -2.11. The molecule has 8 heteroatoms. The van der Waals surface area contributed by atoms with Gasteiger partial charge in [0, 0.05) is 17.8 Å². The molecule has 26 heavy (non-hydrogen) atoms. The van der Waals surface area contributed by atoms with Crippen molar-refractivity contribution >= 4 is 33.2 Å². The average molecular weight is 417 g/mol. The first-order valence-electron chi connectivity index (χ1n) is 7.46. The van der Waals surface area contributed by atoms with Gasteiger partial charge >= 0.3 is 0 Å². The van der Waals surface area contributed by atoms with Gasteiger partial charge in [-0.15, -0.1) is 0 Å². The predicted octanol–water partition coefficient (Wildman–Crippen LogP) is 3.38. The molecule has 0 unspecified atom stereocenters. The first-order chi connectivity index (χ1) is 12.5. The van der Waals surface area contributed by atoms with Crippen molar-refractivity contribution in [3.05, 3.63) is 72.1 Å². The fraction of sp³-hybridized carbons (Fsp3) is 0.111. The highest BCUT2D eigenvalue weighted by Crippen LogP contribution is 2.22. The number of nitrogens with zero attached hydrogens (tertiary/aromatic N) is 3. The number of carbonyl (C=O) groups excluding carboxylic acids is 1. The van der Waals surface area contributed by atoms with Crippen LogP contribution in [-0.2, 0) is 9.53 Å². The number of hydrogen-bond acceptors (Lipinski definition) is 6. The molecule has 0 aliphatic heterocycles. The lowest BCUT2D eigenvalue weighted by molar-refractivity contribution is -0.118. The monoisotopic (exact) mass is 416 g/mol. The third-order valence-electron chi connectivity index (χ3n) is 3.13. The molecule has 7 nitrogen and oxygen atoms in total. The van der Waals surface area contributed by atoms with E-state index in [1.165, 1.54) is 13.4 Å². The first kappa shape index (κ1) is 19.3. The molecular formula is C18H17BrN4O3. The van der Waals surface area contributed by atoms with Gasteiger partial charge in [0.05, 0.1) is 12.8 Å². The summed E-state index contributed by atoms with van der Waals surface area (Å²) in [6.45, 7) is 7.29. The van der Waals surface area contributed by atoms with Crippen LogP contribution in [0.15, 0.2) is 66.4 Å². The third kappa shape index (κ3) is 5.25. The Morgan fingerprint density at radius 3 is 2.88 bits per heavy atom. The van der Waals surface area contributed by atoms with Gasteiger partial charge in [-0.25, -0.2) is 15.0 Å². The van der Waals surface area contributed by atoms with Crippen LogP contribution < -0.4 is 10.1 Å². The number of hydrogen-bond donors (Lipinski definition) is 1. The molecule has 0 atom stereocenters. The van der Waals surface area contributed by atoms with Crippen molar-refractivity contribution in [3.8, 4) is 5.75 Å². The van der Waals surface area contributed by atoms with E-state index in [0.717, 1.165) is 0 Å². The molecule has 0 saturated heterocycles. The molecule has 2 rings (SSSR count). The van der Waals surface area contributed by atoms with E-state index in [1.54, 1.807) is 36.5 Å². The zero-order chi connectivity index (χ0) is 18.9. The fourth-order valence-corrected chi connectivity index (χ4v) is 2.29. The van der Waals surface area contributed by atoms with Gasteiger partial charge in [0.2, 0.25) is 0 Å². The second kappa shape index (κ2) is 9.47. The number of ether oxygens (including phenoxy) is 2. The molecule has 134 valence electrons. The van der Waals surface area contributed by atoms with E-state index in [2.05, 4.69) is 49.4 Å². The molecule has 2 heterocycles. The van der Waals surface area contributed by atoms with Crippen LogP contribution in [0, 0.1) is 0 Å². The molecular weight excluding hydrogens is 400 g/mol. The Hall–Kier alpha value is -3.00. The van der Waals surface area contributed by atoms with Gasteiger partial charge in [-0.05, 0) is 34.1 Å². The van der Waals surface area contributed by atoms with E-state index in [-0.39, 0.29) is 12.5 Å². The largest absolute Gasteiger partial charge is 0.497 e. The van der Waals surface area contributed by atoms with Gasteiger partial charge in [0.1, 0.15) is 22.5 Å². The van der Waals surface area contributed by atoms with Gasteiger partial charge in [-0.3, -0.25) is 4.79 Å². The molecule has 0 bridgehead atoms. The molecule has 0 saturated carbocycles. The van der Waals surface area contributed by atoms with Crippen LogP contribution in [0.25, 0.3) is 5.57 Å². The number of pyridine rings is 1. The molecule has 2 aromatic heterocycles. The Balaban J connectivity index is 2.07. The van der Waals surface area contributed by atoms with Gasteiger partial charge < -0.3 is 14.8 Å². The summed E-state index contributed by atoms with van der Waals surface area (Å²) in [6, 6.07) is 5.03. The zero-order valence-corrected chi connectivity index (χ0v) is 15.7. The summed E-state index contributed by atoms with van der Waals surface area (Å²) in [5.74, 6) is 0.849. The summed E-state index contributed by atoms with van der Waals surface area (Å²) >= 11 is 3.25. The highest BCUT2D eigenvalue weighted by molar-refractivity contribution is 9.10. The van der Waals surface area contributed by atoms with Crippen LogP contribution >= 0.6 is 15.9 Å². The van der Waals surface area contributed by atoms with E-state index in [9.17, 15) is 4.79 Å². The maximum atomic E-state index is 12.1. The van der Waals surface area contributed by atoms with Crippen molar-refractivity contribution in [2.24, 2.45) is 0 Å². The van der Waals surface area contributed by atoms with E-state index < -0.39 is 0 Å². The summed E-state index contributed by atoms with van der Waals surface area (Å²) in [7, 11) is 1.51. The number of carbonyl (C=O) groups is 1. The summed E-state index contributed by atoms with van der Waals surface area (Å²) in [5, 5.41) is 2.65. The number of nitrogens with one attached hydrogen (secondary N) is 1. The number of allylic oxidation sites excluding steroid dienone is 3. The maximum absolute atomic E-state index is 12.1. The van der Waals surface area contributed by atoms with Gasteiger partial charge in [-0.1, -0.05) is 19.2 Å². The van der Waals surface area contributed by atoms with E-state index in [0.29, 0.717) is 33.2 Å². The number of amides is 1. The Morgan fingerprint density at radius 2 is 2.19 bits per heavy atom. The van der Waals surface area contributed by atoms with Crippen LogP contribution in [0.1, 0.15) is 5.69 Å². The molecule has 2 aromatic rings. The van der Waals surface area contributed by atoms with Crippen LogP contribution in [0.2, 0.25) is 0 Å². The third-order valence-corrected chi connectivity index (χ3v) is 3.72. The number of rotatable bonds is 8. The van der Waals surface area contributed by atoms with Crippen LogP contribution in [0.4, 0.5) is 5.82 Å². The number of anilines is 1. The lowest BCUT2D eigenvalue weighted by Crippen LogP contribution is -2.21. The predicted molar refractivity (Wildman–Crippen MR) is 102 cm³/mol. The van der Waals surface area contributed by atoms with Gasteiger partial charge in [0.25, 0.3) is 5.91 Å². The molecule has 0 aliphatic carbocycles. The molecule has 0 radical (unpaired) electrons. The second-order valence-electron chi connectivity index (χ2n) is 4.86. The lowest BCUT2D eigenvalue weighted by atomic mass is 10.1. The highest BCUT2D eigenvalue weighted by Gasteiger charge is 2.11. The summed E-state index contributed by atoms with van der Waals surface area (Å²) in [4.78, 5) is 24.3. The van der Waals surface area contributed by atoms with Crippen LogP contribution in [-0.4, -0.2) is 34.6 Å². The van der Waals surface area contributed by atoms with E-state index >= 15 is 0 Å². The van der Waals surface area contributed by atoms with Crippen molar-refractivity contribution in [3.63, 3.8) is 0 Å².